The lowest BCUT2D eigenvalue weighted by Crippen LogP contribution is -2.08. The number of nitrogens with two attached hydrogens (primary N) is 1. The van der Waals surface area contributed by atoms with Gasteiger partial charge in [0.1, 0.15) is 6.61 Å². The molecule has 4 N–H and O–H groups in total. The van der Waals surface area contributed by atoms with Gasteiger partial charge in [0.2, 0.25) is 11.8 Å². The number of methoxy groups -OCH3 is 1. The average molecular weight is 439 g/mol. The molecular weight excluding hydrogens is 417 g/mol. The molecule has 0 spiro atoms. The third-order valence-corrected chi connectivity index (χ3v) is 6.46. The van der Waals surface area contributed by atoms with E-state index in [0.717, 1.165) is 11.1 Å². The van der Waals surface area contributed by atoms with E-state index in [0.29, 0.717) is 42.6 Å². The van der Waals surface area contributed by atoms with E-state index in [1.54, 1.807) is 13.4 Å². The Hall–Kier alpha value is -2.17. The lowest BCUT2D eigenvalue weighted by molar-refractivity contribution is 0.144. The van der Waals surface area contributed by atoms with E-state index in [1.165, 1.54) is 11.8 Å². The Morgan fingerprint density at radius 3 is 2.79 bits per heavy atom. The molecule has 29 heavy (non-hydrogen) atoms. The van der Waals surface area contributed by atoms with Crippen molar-refractivity contribution < 1.29 is 23.8 Å². The van der Waals surface area contributed by atoms with Crippen LogP contribution in [0.15, 0.2) is 30.6 Å². The summed E-state index contributed by atoms with van der Waals surface area (Å²) >= 11 is 1.20. The number of nitrogens with zero attached hydrogens (tertiary/aromatic N) is 4. The minimum Gasteiger partial charge on any atom is -0.474 e. The topological polar surface area (TPSA) is 146 Å². The van der Waals surface area contributed by atoms with Crippen molar-refractivity contribution in [3.05, 3.63) is 41.7 Å². The van der Waals surface area contributed by atoms with E-state index in [-0.39, 0.29) is 11.4 Å². The molecule has 3 aromatic rings. The Labute approximate surface area is 171 Å². The highest BCUT2D eigenvalue weighted by Crippen LogP contribution is 2.39. The zero-order chi connectivity index (χ0) is 20.9. The molecule has 10 nitrogen and oxygen atoms in total. The largest absolute Gasteiger partial charge is 0.474 e. The summed E-state index contributed by atoms with van der Waals surface area (Å²) in [6, 6.07) is 7.77. The van der Waals surface area contributed by atoms with Gasteiger partial charge in [0, 0.05) is 12.9 Å². The first-order valence-corrected chi connectivity index (χ1v) is 11.6. The average Bonchev–Trinajstić information content (AvgIpc) is 3.04. The molecule has 156 valence electrons. The number of aromatic nitrogens is 4. The van der Waals surface area contributed by atoms with Crippen LogP contribution in [-0.2, 0) is 21.6 Å². The number of hydrogen-bond donors (Lipinski definition) is 3. The van der Waals surface area contributed by atoms with Crippen molar-refractivity contribution in [2.24, 2.45) is 0 Å². The molecule has 0 saturated carbocycles. The van der Waals surface area contributed by atoms with Crippen molar-refractivity contribution in [3.8, 4) is 5.88 Å². The number of hydrogen-bond acceptors (Lipinski definition) is 8. The Bertz CT molecular complexity index is 1020. The van der Waals surface area contributed by atoms with Crippen molar-refractivity contribution in [2.75, 3.05) is 31.6 Å². The highest BCUT2D eigenvalue weighted by Gasteiger charge is 2.15. The molecular formula is C17H22N5O5PS. The quantitative estimate of drug-likeness (QED) is 0.316. The number of benzene rings is 1. The van der Waals surface area contributed by atoms with Gasteiger partial charge in [0.25, 0.3) is 0 Å². The van der Waals surface area contributed by atoms with Crippen molar-refractivity contribution in [1.82, 2.24) is 19.5 Å². The Kier molecular flexibility index (Phi) is 7.09. The first-order chi connectivity index (χ1) is 13.9. The van der Waals surface area contributed by atoms with E-state index >= 15 is 0 Å². The van der Waals surface area contributed by atoms with Crippen LogP contribution in [0.5, 0.6) is 5.88 Å². The number of fused-ring (bicyclic) bond motifs is 1. The molecule has 3 rings (SSSR count). The van der Waals surface area contributed by atoms with Gasteiger partial charge in [-0.15, -0.1) is 11.8 Å². The molecule has 0 aliphatic carbocycles. The van der Waals surface area contributed by atoms with Crippen molar-refractivity contribution >= 4 is 36.5 Å². The smallest absolute Gasteiger partial charge is 0.335 e. The van der Waals surface area contributed by atoms with Crippen molar-refractivity contribution in [2.45, 2.75) is 12.3 Å². The summed E-state index contributed by atoms with van der Waals surface area (Å²) in [5, 5.41) is 0. The molecule has 0 amide bonds. The zero-order valence-corrected chi connectivity index (χ0v) is 17.5. The van der Waals surface area contributed by atoms with E-state index in [2.05, 4.69) is 15.0 Å². The summed E-state index contributed by atoms with van der Waals surface area (Å²) in [6.45, 7) is 1.24. The molecule has 0 saturated heterocycles. The fourth-order valence-electron chi connectivity index (χ4n) is 2.67. The number of nitrogen functional groups attached to an aromatic ring is 1. The molecule has 0 bridgehead atoms. The molecule has 0 unspecified atom stereocenters. The maximum absolute atomic E-state index is 11.0. The number of ether oxygens (including phenoxy) is 2. The van der Waals surface area contributed by atoms with Crippen LogP contribution in [0.2, 0.25) is 0 Å². The van der Waals surface area contributed by atoms with E-state index in [1.807, 2.05) is 28.8 Å². The van der Waals surface area contributed by atoms with Gasteiger partial charge in [-0.3, -0.25) is 4.57 Å². The normalized spacial score (nSPS) is 11.8. The van der Waals surface area contributed by atoms with Crippen LogP contribution < -0.4 is 10.5 Å². The van der Waals surface area contributed by atoms with Crippen molar-refractivity contribution in [3.63, 3.8) is 0 Å². The Balaban J connectivity index is 1.76. The van der Waals surface area contributed by atoms with Crippen LogP contribution in [0.25, 0.3) is 11.2 Å². The second-order valence-corrected chi connectivity index (χ2v) is 9.29. The fourth-order valence-corrected chi connectivity index (χ4v) is 4.40. The monoisotopic (exact) mass is 439 g/mol. The van der Waals surface area contributed by atoms with Gasteiger partial charge in [-0.05, 0) is 11.1 Å². The molecule has 0 atom stereocenters. The van der Waals surface area contributed by atoms with Gasteiger partial charge >= 0.3 is 7.60 Å². The first-order valence-electron chi connectivity index (χ1n) is 8.66. The van der Waals surface area contributed by atoms with Crippen LogP contribution in [0.3, 0.4) is 0 Å². The summed E-state index contributed by atoms with van der Waals surface area (Å²) in [7, 11) is -2.42. The summed E-state index contributed by atoms with van der Waals surface area (Å²) in [5.74, 6) is 0.913. The SMILES string of the molecule is COCCOc1nc(N)nc2c1ncn2Cc1cccc(CSCP(=O)(O)O)c1. The highest BCUT2D eigenvalue weighted by molar-refractivity contribution is 8.03. The summed E-state index contributed by atoms with van der Waals surface area (Å²) in [6.07, 6.45) is 1.65. The van der Waals surface area contributed by atoms with Gasteiger partial charge in [0.15, 0.2) is 11.2 Å². The van der Waals surface area contributed by atoms with Crippen LogP contribution in [0, 0.1) is 0 Å². The van der Waals surface area contributed by atoms with E-state index in [9.17, 15) is 4.57 Å². The minimum absolute atomic E-state index is 0.0919. The highest BCUT2D eigenvalue weighted by atomic mass is 32.2. The van der Waals surface area contributed by atoms with Gasteiger partial charge in [-0.1, -0.05) is 24.3 Å². The molecule has 0 aliphatic rings. The van der Waals surface area contributed by atoms with Crippen LogP contribution in [-0.4, -0.2) is 55.1 Å². The predicted octanol–water partition coefficient (Wildman–Crippen LogP) is 1.85. The lowest BCUT2D eigenvalue weighted by Gasteiger charge is -2.09. The molecule has 0 fully saturated rings. The molecule has 0 radical (unpaired) electrons. The summed E-state index contributed by atoms with van der Waals surface area (Å²) in [5.41, 5.74) is 8.67. The third kappa shape index (κ3) is 6.15. The number of imidazole rings is 1. The predicted molar refractivity (Wildman–Crippen MR) is 111 cm³/mol. The molecule has 0 aliphatic heterocycles. The van der Waals surface area contributed by atoms with Crippen LogP contribution >= 0.6 is 19.4 Å². The standard InChI is InChI=1S/C17H22N5O5PS/c1-26-5-6-27-16-14-15(20-17(18)21-16)22(10-19-14)8-12-3-2-4-13(7-12)9-29-11-28(23,24)25/h2-4,7,10H,5-6,8-9,11H2,1H3,(H2,18,20,21)(H2,23,24,25). The number of rotatable bonds is 10. The molecule has 1 aromatic carbocycles. The maximum atomic E-state index is 11.0. The first kappa shape index (κ1) is 21.5. The summed E-state index contributed by atoms with van der Waals surface area (Å²) < 4.78 is 23.4. The molecule has 12 heteroatoms. The zero-order valence-electron chi connectivity index (χ0n) is 15.8. The Morgan fingerprint density at radius 1 is 1.24 bits per heavy atom. The number of anilines is 1. The van der Waals surface area contributed by atoms with E-state index < -0.39 is 7.60 Å². The van der Waals surface area contributed by atoms with Gasteiger partial charge < -0.3 is 29.6 Å². The molecule has 2 heterocycles. The lowest BCUT2D eigenvalue weighted by atomic mass is 10.1. The molecule has 2 aromatic heterocycles. The van der Waals surface area contributed by atoms with Crippen LogP contribution in [0.1, 0.15) is 11.1 Å². The fraction of sp³-hybridized carbons (Fsp3) is 0.353. The van der Waals surface area contributed by atoms with Gasteiger partial charge in [0.05, 0.1) is 25.0 Å². The van der Waals surface area contributed by atoms with Crippen molar-refractivity contribution in [1.29, 1.82) is 0 Å². The third-order valence-electron chi connectivity index (χ3n) is 3.85. The van der Waals surface area contributed by atoms with Crippen LogP contribution in [0.4, 0.5) is 5.95 Å². The second kappa shape index (κ2) is 9.55. The minimum atomic E-state index is -4.00. The number of thioether (sulfide) groups is 1. The Morgan fingerprint density at radius 2 is 2.03 bits per heavy atom. The van der Waals surface area contributed by atoms with E-state index in [4.69, 9.17) is 25.0 Å². The summed E-state index contributed by atoms with van der Waals surface area (Å²) in [4.78, 5) is 30.7. The van der Waals surface area contributed by atoms with Gasteiger partial charge in [-0.25, -0.2) is 4.98 Å². The maximum Gasteiger partial charge on any atom is 0.335 e. The van der Waals surface area contributed by atoms with Gasteiger partial charge in [-0.2, -0.15) is 9.97 Å². The second-order valence-electron chi connectivity index (χ2n) is 6.24.